The molecule has 0 spiro atoms. The summed E-state index contributed by atoms with van der Waals surface area (Å²) < 4.78 is 0. The fraction of sp³-hybridized carbons (Fsp3) is 0. The van der Waals surface area contributed by atoms with Gasteiger partial charge >= 0.3 is 0 Å². The van der Waals surface area contributed by atoms with E-state index in [-0.39, 0.29) is 33.3 Å². The van der Waals surface area contributed by atoms with Crippen LogP contribution in [0.3, 0.4) is 0 Å². The van der Waals surface area contributed by atoms with E-state index in [1.54, 1.807) is 0 Å². The Balaban J connectivity index is -0.00000000500. The summed E-state index contributed by atoms with van der Waals surface area (Å²) in [6.07, 6.45) is 0. The summed E-state index contributed by atoms with van der Waals surface area (Å²) in [7, 11) is 0. The van der Waals surface area contributed by atoms with E-state index >= 15 is 0 Å². The van der Waals surface area contributed by atoms with E-state index < -0.39 is 0 Å². The molecule has 0 amide bonds. The van der Waals surface area contributed by atoms with Crippen molar-refractivity contribution in [1.29, 1.82) is 0 Å². The van der Waals surface area contributed by atoms with Gasteiger partial charge in [0.15, 0.2) is 0 Å². The van der Waals surface area contributed by atoms with Crippen LogP contribution in [0.2, 0.25) is 0 Å². The van der Waals surface area contributed by atoms with E-state index in [9.17, 15) is 0 Å². The van der Waals surface area contributed by atoms with Gasteiger partial charge in [-0.15, -0.1) is 0 Å². The molecule has 4 heteroatoms. The summed E-state index contributed by atoms with van der Waals surface area (Å²) in [6, 6.07) is 0. The van der Waals surface area contributed by atoms with E-state index in [4.69, 9.17) is 10.5 Å². The standard InChI is InChI=1S/Co.Ni.H2O2/c;;1-2/h;;1-2H. The van der Waals surface area contributed by atoms with Gasteiger partial charge in [0, 0.05) is 33.3 Å². The Morgan fingerprint density at radius 3 is 1.00 bits per heavy atom. The predicted molar refractivity (Wildman–Crippen MR) is 5.26 cm³/mol. The quantitative estimate of drug-likeness (QED) is 0.291. The van der Waals surface area contributed by atoms with Crippen LogP contribution >= 0.6 is 0 Å². The molecule has 0 unspecified atom stereocenters. The van der Waals surface area contributed by atoms with Crippen LogP contribution in [0, 0.1) is 0 Å². The van der Waals surface area contributed by atoms with Gasteiger partial charge < -0.3 is 0 Å². The zero-order valence-corrected chi connectivity index (χ0v) is 3.57. The minimum absolute atomic E-state index is 0. The van der Waals surface area contributed by atoms with Gasteiger partial charge in [0.25, 0.3) is 0 Å². The van der Waals surface area contributed by atoms with E-state index in [1.165, 1.54) is 0 Å². The largest absolute Gasteiger partial charge is 0.255 e. The molecule has 4 heavy (non-hydrogen) atoms. The molecule has 0 aromatic rings. The number of hydrogen-bond donors (Lipinski definition) is 2. The average molecular weight is 152 g/mol. The second kappa shape index (κ2) is 39.5. The van der Waals surface area contributed by atoms with Crippen molar-refractivity contribution in [2.24, 2.45) is 0 Å². The van der Waals surface area contributed by atoms with Gasteiger partial charge in [-0.25, -0.2) is 0 Å². The fourth-order valence-electron chi connectivity index (χ4n) is 0. The summed E-state index contributed by atoms with van der Waals surface area (Å²) in [5, 5.41) is 12.0. The molecule has 2 N–H and O–H groups in total. The van der Waals surface area contributed by atoms with Crippen molar-refractivity contribution in [3.8, 4) is 0 Å². The van der Waals surface area contributed by atoms with Crippen LogP contribution in [0.25, 0.3) is 0 Å². The molecule has 0 aliphatic heterocycles. The Labute approximate surface area is 44.3 Å². The third kappa shape index (κ3) is 12.7. The second-order valence-corrected chi connectivity index (χ2v) is 0. The molecule has 0 aromatic carbocycles. The first kappa shape index (κ1) is 20.5. The molecule has 0 saturated heterocycles. The Morgan fingerprint density at radius 2 is 1.00 bits per heavy atom. The maximum absolute atomic E-state index is 6.00. The zero-order chi connectivity index (χ0) is 2.00. The van der Waals surface area contributed by atoms with Gasteiger partial charge in [-0.05, 0) is 0 Å². The summed E-state index contributed by atoms with van der Waals surface area (Å²) in [5.41, 5.74) is 0. The van der Waals surface area contributed by atoms with Crippen molar-refractivity contribution in [2.75, 3.05) is 0 Å². The molecule has 0 rings (SSSR count). The monoisotopic (exact) mass is 151 g/mol. The van der Waals surface area contributed by atoms with Crippen molar-refractivity contribution in [2.45, 2.75) is 0 Å². The van der Waals surface area contributed by atoms with Gasteiger partial charge in [-0.1, -0.05) is 0 Å². The van der Waals surface area contributed by atoms with E-state index in [1.807, 2.05) is 0 Å². The maximum Gasteiger partial charge on any atom is 0 e. The Hall–Kier alpha value is 0.920. The maximum atomic E-state index is 6.00. The van der Waals surface area contributed by atoms with Gasteiger partial charge in [0.1, 0.15) is 0 Å². The molecule has 0 aromatic heterocycles. The molecular formula is H2CoNiO2. The Morgan fingerprint density at radius 1 is 1.00 bits per heavy atom. The molecule has 0 fully saturated rings. The van der Waals surface area contributed by atoms with E-state index in [2.05, 4.69) is 0 Å². The minimum Gasteiger partial charge on any atom is -0.255 e. The van der Waals surface area contributed by atoms with Crippen molar-refractivity contribution in [1.82, 2.24) is 0 Å². The van der Waals surface area contributed by atoms with Crippen LogP contribution in [-0.4, -0.2) is 10.5 Å². The first-order valence-corrected chi connectivity index (χ1v) is 0.200. The summed E-state index contributed by atoms with van der Waals surface area (Å²) in [6.45, 7) is 0. The van der Waals surface area contributed by atoms with Crippen LogP contribution in [0.1, 0.15) is 0 Å². The average Bonchev–Trinajstić information content (AvgIpc) is 1.00. The number of hydrogen-bond acceptors (Lipinski definition) is 2. The van der Waals surface area contributed by atoms with Crippen molar-refractivity contribution < 1.29 is 43.8 Å². The van der Waals surface area contributed by atoms with E-state index in [0.717, 1.165) is 0 Å². The topological polar surface area (TPSA) is 40.5 Å². The minimum atomic E-state index is 0. The molecule has 33 valence electrons. The summed E-state index contributed by atoms with van der Waals surface area (Å²) in [4.78, 5) is 0. The van der Waals surface area contributed by atoms with Crippen LogP contribution < -0.4 is 0 Å². The third-order valence-electron chi connectivity index (χ3n) is 0. The Kier molecular flexibility index (Phi) is 202. The van der Waals surface area contributed by atoms with Crippen LogP contribution in [0.5, 0.6) is 0 Å². The molecule has 1 radical (unpaired) electrons. The van der Waals surface area contributed by atoms with Crippen molar-refractivity contribution in [3.63, 3.8) is 0 Å². The normalized spacial score (nSPS) is 1.50. The van der Waals surface area contributed by atoms with Gasteiger partial charge in [0.2, 0.25) is 0 Å². The first-order valence-electron chi connectivity index (χ1n) is 0.200. The van der Waals surface area contributed by atoms with Crippen LogP contribution in [0.4, 0.5) is 0 Å². The molecule has 0 aliphatic rings. The number of rotatable bonds is 0. The van der Waals surface area contributed by atoms with Gasteiger partial charge in [-0.2, -0.15) is 0 Å². The molecule has 0 aliphatic carbocycles. The van der Waals surface area contributed by atoms with Crippen molar-refractivity contribution in [3.05, 3.63) is 0 Å². The zero-order valence-electron chi connectivity index (χ0n) is 1.54. The first-order chi connectivity index (χ1) is 1.00. The molecule has 0 saturated carbocycles. The molecular weight excluding hydrogens is 150 g/mol. The molecule has 0 atom stereocenters. The van der Waals surface area contributed by atoms with Gasteiger partial charge in [0.05, 0.1) is 0 Å². The summed E-state index contributed by atoms with van der Waals surface area (Å²) in [5.74, 6) is 0. The second-order valence-electron chi connectivity index (χ2n) is 0. The third-order valence-corrected chi connectivity index (χ3v) is 0. The fourth-order valence-corrected chi connectivity index (χ4v) is 0. The molecule has 2 nitrogen and oxygen atoms in total. The molecule has 0 bridgehead atoms. The van der Waals surface area contributed by atoms with Crippen LogP contribution in [0.15, 0.2) is 0 Å². The smallest absolute Gasteiger partial charge is 0 e. The SMILES string of the molecule is OO.[Co].[Ni]. The predicted octanol–water partition coefficient (Wildman–Crippen LogP) is 0.0124. The summed E-state index contributed by atoms with van der Waals surface area (Å²) >= 11 is 0. The van der Waals surface area contributed by atoms with E-state index in [0.29, 0.717) is 0 Å². The molecule has 0 heterocycles. The van der Waals surface area contributed by atoms with Crippen LogP contribution in [-0.2, 0) is 33.3 Å². The van der Waals surface area contributed by atoms with Gasteiger partial charge in [-0.3, -0.25) is 10.5 Å². The Bertz CT molecular complexity index is 6.00. The van der Waals surface area contributed by atoms with Crippen molar-refractivity contribution >= 4 is 0 Å².